The van der Waals surface area contributed by atoms with Crippen molar-refractivity contribution in [3.63, 3.8) is 0 Å². The van der Waals surface area contributed by atoms with Gasteiger partial charge in [-0.2, -0.15) is 0 Å². The van der Waals surface area contributed by atoms with E-state index in [1.165, 1.54) is 11.1 Å². The van der Waals surface area contributed by atoms with Crippen LogP contribution in [0.15, 0.2) is 30.3 Å². The maximum Gasteiger partial charge on any atom is 0.0350 e. The molecule has 0 amide bonds. The summed E-state index contributed by atoms with van der Waals surface area (Å²) in [6.45, 7) is 4.52. The Morgan fingerprint density at radius 2 is 1.92 bits per heavy atom. The minimum Gasteiger partial charge on any atom is -0.398 e. The first-order chi connectivity index (χ1) is 6.11. The van der Waals surface area contributed by atoms with Crippen molar-refractivity contribution in [1.29, 1.82) is 0 Å². The Kier molecular flexibility index (Phi) is 1.69. The van der Waals surface area contributed by atoms with Gasteiger partial charge in [-0.05, 0) is 17.4 Å². The van der Waals surface area contributed by atoms with E-state index in [4.69, 9.17) is 5.73 Å². The Bertz CT molecular complexity index is 361. The molecular weight excluding hydrogens is 158 g/mol. The second-order valence-corrected chi connectivity index (χ2v) is 4.29. The van der Waals surface area contributed by atoms with Crippen LogP contribution in [0.2, 0.25) is 0 Å². The van der Waals surface area contributed by atoms with Crippen LogP contribution >= 0.6 is 0 Å². The predicted octanol–water partition coefficient (Wildman–Crippen LogP) is 2.67. The fourth-order valence-electron chi connectivity index (χ4n) is 1.91. The smallest absolute Gasteiger partial charge is 0.0350 e. The van der Waals surface area contributed by atoms with Gasteiger partial charge in [0.25, 0.3) is 0 Å². The molecule has 1 aromatic carbocycles. The SMILES string of the molecule is CC1(C)CC=C(N)c2ccccc21. The molecule has 0 unspecified atom stereocenters. The lowest BCUT2D eigenvalue weighted by Crippen LogP contribution is -2.23. The molecule has 2 N–H and O–H groups in total. The van der Waals surface area contributed by atoms with Crippen LogP contribution in [0.1, 0.15) is 31.4 Å². The molecule has 0 bridgehead atoms. The third kappa shape index (κ3) is 1.24. The molecule has 0 saturated heterocycles. The van der Waals surface area contributed by atoms with Gasteiger partial charge in [0.2, 0.25) is 0 Å². The number of hydrogen-bond donors (Lipinski definition) is 1. The average molecular weight is 173 g/mol. The zero-order valence-corrected chi connectivity index (χ0v) is 8.17. The third-order valence-electron chi connectivity index (χ3n) is 2.80. The molecular formula is C12H15N. The topological polar surface area (TPSA) is 26.0 Å². The zero-order chi connectivity index (χ0) is 9.47. The molecule has 0 aliphatic heterocycles. The molecule has 0 atom stereocenters. The van der Waals surface area contributed by atoms with Crippen LogP contribution in [0, 0.1) is 0 Å². The Morgan fingerprint density at radius 3 is 2.62 bits per heavy atom. The van der Waals surface area contributed by atoms with Crippen molar-refractivity contribution in [3.8, 4) is 0 Å². The van der Waals surface area contributed by atoms with Gasteiger partial charge in [-0.3, -0.25) is 0 Å². The summed E-state index contributed by atoms with van der Waals surface area (Å²) in [4.78, 5) is 0. The molecule has 1 heteroatoms. The van der Waals surface area contributed by atoms with Crippen LogP contribution in [0.4, 0.5) is 0 Å². The Hall–Kier alpha value is -1.24. The number of hydrogen-bond acceptors (Lipinski definition) is 1. The van der Waals surface area contributed by atoms with Gasteiger partial charge in [-0.25, -0.2) is 0 Å². The first-order valence-corrected chi connectivity index (χ1v) is 4.67. The van der Waals surface area contributed by atoms with Crippen molar-refractivity contribution in [1.82, 2.24) is 0 Å². The molecule has 0 spiro atoms. The molecule has 1 nitrogen and oxygen atoms in total. The van der Waals surface area contributed by atoms with Crippen molar-refractivity contribution in [3.05, 3.63) is 41.5 Å². The molecule has 2 rings (SSSR count). The third-order valence-corrected chi connectivity index (χ3v) is 2.80. The van der Waals surface area contributed by atoms with Crippen LogP contribution in [-0.2, 0) is 5.41 Å². The lowest BCUT2D eigenvalue weighted by atomic mass is 9.75. The fraction of sp³-hybridized carbons (Fsp3) is 0.333. The average Bonchev–Trinajstić information content (AvgIpc) is 2.13. The maximum atomic E-state index is 5.93. The first kappa shape index (κ1) is 8.36. The predicted molar refractivity (Wildman–Crippen MR) is 56.2 cm³/mol. The molecule has 13 heavy (non-hydrogen) atoms. The number of nitrogens with two attached hydrogens (primary N) is 1. The first-order valence-electron chi connectivity index (χ1n) is 4.67. The minimum atomic E-state index is 0.236. The maximum absolute atomic E-state index is 5.93. The van der Waals surface area contributed by atoms with E-state index in [0.717, 1.165) is 12.1 Å². The lowest BCUT2D eigenvalue weighted by Gasteiger charge is -2.30. The van der Waals surface area contributed by atoms with Gasteiger partial charge in [-0.1, -0.05) is 44.2 Å². The highest BCUT2D eigenvalue weighted by Gasteiger charge is 2.26. The number of allylic oxidation sites excluding steroid dienone is 1. The highest BCUT2D eigenvalue weighted by Crippen LogP contribution is 2.36. The van der Waals surface area contributed by atoms with Gasteiger partial charge in [0.05, 0.1) is 0 Å². The molecule has 0 saturated carbocycles. The van der Waals surface area contributed by atoms with Crippen LogP contribution in [0.5, 0.6) is 0 Å². The van der Waals surface area contributed by atoms with Crippen molar-refractivity contribution in [2.45, 2.75) is 25.7 Å². The summed E-state index contributed by atoms with van der Waals surface area (Å²) in [5, 5.41) is 0. The summed E-state index contributed by atoms with van der Waals surface area (Å²) in [7, 11) is 0. The summed E-state index contributed by atoms with van der Waals surface area (Å²) in [6.07, 6.45) is 3.16. The minimum absolute atomic E-state index is 0.236. The van der Waals surface area contributed by atoms with Crippen LogP contribution in [0.25, 0.3) is 5.70 Å². The Balaban J connectivity index is 2.64. The summed E-state index contributed by atoms with van der Waals surface area (Å²) >= 11 is 0. The van der Waals surface area contributed by atoms with E-state index < -0.39 is 0 Å². The summed E-state index contributed by atoms with van der Waals surface area (Å²) in [5.41, 5.74) is 9.67. The van der Waals surface area contributed by atoms with E-state index in [0.29, 0.717) is 0 Å². The molecule has 0 fully saturated rings. The molecule has 68 valence electrons. The van der Waals surface area contributed by atoms with E-state index in [9.17, 15) is 0 Å². The summed E-state index contributed by atoms with van der Waals surface area (Å²) in [5.74, 6) is 0. The molecule has 0 aromatic heterocycles. The molecule has 1 aliphatic carbocycles. The quantitative estimate of drug-likeness (QED) is 0.641. The second kappa shape index (κ2) is 2.63. The van der Waals surface area contributed by atoms with Crippen molar-refractivity contribution >= 4 is 5.70 Å². The number of fused-ring (bicyclic) bond motifs is 1. The molecule has 1 aliphatic rings. The lowest BCUT2D eigenvalue weighted by molar-refractivity contribution is 0.526. The van der Waals surface area contributed by atoms with Gasteiger partial charge in [0.1, 0.15) is 0 Å². The summed E-state index contributed by atoms with van der Waals surface area (Å²) < 4.78 is 0. The van der Waals surface area contributed by atoms with E-state index in [1.807, 2.05) is 6.07 Å². The monoisotopic (exact) mass is 173 g/mol. The Morgan fingerprint density at radius 1 is 1.23 bits per heavy atom. The fourth-order valence-corrected chi connectivity index (χ4v) is 1.91. The molecule has 0 heterocycles. The normalized spacial score (nSPS) is 19.1. The van der Waals surface area contributed by atoms with Gasteiger partial charge >= 0.3 is 0 Å². The Labute approximate surface area is 79.3 Å². The van der Waals surface area contributed by atoms with Crippen LogP contribution in [-0.4, -0.2) is 0 Å². The van der Waals surface area contributed by atoms with Crippen molar-refractivity contribution in [2.24, 2.45) is 5.73 Å². The molecule has 1 aromatic rings. The van der Waals surface area contributed by atoms with E-state index in [2.05, 4.69) is 38.1 Å². The van der Waals surface area contributed by atoms with Gasteiger partial charge in [0.15, 0.2) is 0 Å². The van der Waals surface area contributed by atoms with E-state index in [-0.39, 0.29) is 5.41 Å². The van der Waals surface area contributed by atoms with Crippen molar-refractivity contribution in [2.75, 3.05) is 0 Å². The zero-order valence-electron chi connectivity index (χ0n) is 8.17. The van der Waals surface area contributed by atoms with Crippen LogP contribution in [0.3, 0.4) is 0 Å². The standard InChI is InChI=1S/C12H15N/c1-12(2)8-7-11(13)9-5-3-4-6-10(9)12/h3-7H,8,13H2,1-2H3. The second-order valence-electron chi connectivity index (χ2n) is 4.29. The highest BCUT2D eigenvalue weighted by molar-refractivity contribution is 5.69. The van der Waals surface area contributed by atoms with Crippen molar-refractivity contribution < 1.29 is 0 Å². The molecule has 0 radical (unpaired) electrons. The largest absolute Gasteiger partial charge is 0.398 e. The van der Waals surface area contributed by atoms with E-state index in [1.54, 1.807) is 0 Å². The van der Waals surface area contributed by atoms with Gasteiger partial charge < -0.3 is 5.73 Å². The van der Waals surface area contributed by atoms with Crippen LogP contribution < -0.4 is 5.73 Å². The van der Waals surface area contributed by atoms with Gasteiger partial charge in [-0.15, -0.1) is 0 Å². The highest BCUT2D eigenvalue weighted by atomic mass is 14.6. The number of rotatable bonds is 0. The van der Waals surface area contributed by atoms with E-state index >= 15 is 0 Å². The van der Waals surface area contributed by atoms with Gasteiger partial charge in [0, 0.05) is 11.3 Å². The summed E-state index contributed by atoms with van der Waals surface area (Å²) in [6, 6.07) is 8.40. The number of benzene rings is 1.